The van der Waals surface area contributed by atoms with E-state index in [1.165, 1.54) is 12.1 Å². The highest BCUT2D eigenvalue weighted by Gasteiger charge is 2.34. The third-order valence-corrected chi connectivity index (χ3v) is 5.67. The molecule has 0 radical (unpaired) electrons. The molecule has 5 rings (SSSR count). The van der Waals surface area contributed by atoms with E-state index in [9.17, 15) is 26.3 Å². The molecule has 0 aliphatic heterocycles. The number of para-hydroxylation sites is 2. The van der Waals surface area contributed by atoms with Gasteiger partial charge in [-0.25, -0.2) is 5.43 Å². The number of hydrazone groups is 1. The molecule has 0 fully saturated rings. The Bertz CT molecular complexity index is 1760. The van der Waals surface area contributed by atoms with Gasteiger partial charge >= 0.3 is 24.4 Å². The Kier molecular flexibility index (Phi) is 8.97. The highest BCUT2D eigenvalue weighted by molar-refractivity contribution is 6.01. The van der Waals surface area contributed by atoms with Crippen LogP contribution in [0.2, 0.25) is 0 Å². The number of rotatable bonds is 8. The Morgan fingerprint density at radius 2 is 1.20 bits per heavy atom. The first-order valence-corrected chi connectivity index (χ1v) is 12.9. The first-order chi connectivity index (χ1) is 21.5. The molecule has 4 aromatic carbocycles. The van der Waals surface area contributed by atoms with Gasteiger partial charge in [0.25, 0.3) is 5.95 Å². The fourth-order valence-electron chi connectivity index (χ4n) is 3.68. The Morgan fingerprint density at radius 1 is 0.622 bits per heavy atom. The van der Waals surface area contributed by atoms with Crippen molar-refractivity contribution >= 4 is 17.5 Å². The van der Waals surface area contributed by atoms with Crippen LogP contribution in [0, 0.1) is 0 Å². The molecule has 1 aromatic heterocycles. The van der Waals surface area contributed by atoms with Gasteiger partial charge in [0.1, 0.15) is 11.5 Å². The summed E-state index contributed by atoms with van der Waals surface area (Å²) in [6, 6.07) is 24.5. The molecule has 15 heteroatoms. The van der Waals surface area contributed by atoms with E-state index in [4.69, 9.17) is 9.47 Å². The zero-order valence-corrected chi connectivity index (χ0v) is 22.7. The predicted octanol–water partition coefficient (Wildman–Crippen LogP) is 9.05. The van der Waals surface area contributed by atoms with Crippen molar-refractivity contribution in [3.63, 3.8) is 0 Å². The van der Waals surface area contributed by atoms with E-state index in [1.54, 1.807) is 60.7 Å². The van der Waals surface area contributed by atoms with Crippen LogP contribution in [-0.2, 0) is 12.4 Å². The van der Waals surface area contributed by atoms with Crippen LogP contribution in [0.5, 0.6) is 23.5 Å². The summed E-state index contributed by atoms with van der Waals surface area (Å²) in [4.78, 5) is 12.3. The van der Waals surface area contributed by atoms with Gasteiger partial charge in [0.15, 0.2) is 0 Å². The molecule has 1 N–H and O–H groups in total. The summed E-state index contributed by atoms with van der Waals surface area (Å²) in [7, 11) is 0. The summed E-state index contributed by atoms with van der Waals surface area (Å²) >= 11 is 0. The van der Waals surface area contributed by atoms with E-state index >= 15 is 0 Å². The highest BCUT2D eigenvalue weighted by atomic mass is 19.4. The zero-order valence-electron chi connectivity index (χ0n) is 22.7. The molecule has 9 nitrogen and oxygen atoms in total. The molecule has 0 aliphatic rings. The van der Waals surface area contributed by atoms with Crippen molar-refractivity contribution in [1.29, 1.82) is 0 Å². The highest BCUT2D eigenvalue weighted by Crippen LogP contribution is 2.34. The lowest BCUT2D eigenvalue weighted by molar-refractivity contribution is -0.138. The maximum Gasteiger partial charge on any atom is 0.417 e. The normalized spacial score (nSPS) is 12.3. The van der Waals surface area contributed by atoms with Crippen LogP contribution in [0.1, 0.15) is 16.7 Å². The lowest BCUT2D eigenvalue weighted by atomic mass is 10.1. The average Bonchev–Trinajstić information content (AvgIpc) is 3.01. The topological polar surface area (TPSA) is 106 Å². The van der Waals surface area contributed by atoms with Crippen LogP contribution in [0.25, 0.3) is 0 Å². The van der Waals surface area contributed by atoms with E-state index in [0.717, 1.165) is 30.3 Å². The van der Waals surface area contributed by atoms with Crippen molar-refractivity contribution in [1.82, 2.24) is 15.0 Å². The van der Waals surface area contributed by atoms with Crippen LogP contribution in [0.15, 0.2) is 125 Å². The van der Waals surface area contributed by atoms with Crippen LogP contribution in [0.4, 0.5) is 38.0 Å². The molecule has 5 aromatic rings. The number of hydrogen-bond acceptors (Lipinski definition) is 8. The summed E-state index contributed by atoms with van der Waals surface area (Å²) in [5.41, 5.74) is -0.532. The van der Waals surface area contributed by atoms with Gasteiger partial charge in [0.05, 0.1) is 16.8 Å². The van der Waals surface area contributed by atoms with Crippen LogP contribution >= 0.6 is 0 Å². The summed E-state index contributed by atoms with van der Waals surface area (Å²) in [5.74, 6) is -0.244. The van der Waals surface area contributed by atoms with E-state index in [0.29, 0.717) is 17.6 Å². The second-order valence-electron chi connectivity index (χ2n) is 8.89. The van der Waals surface area contributed by atoms with Crippen LogP contribution in [-0.4, -0.2) is 20.8 Å². The molecule has 0 unspecified atom stereocenters. The lowest BCUT2D eigenvalue weighted by Crippen LogP contribution is -2.13. The molecular weight excluding hydrogens is 604 g/mol. The lowest BCUT2D eigenvalue weighted by Gasteiger charge is -2.12. The SMILES string of the molecule is FC(F)(F)c1cccc(N=NC(=NNc2nc(Oc3ccccc3)nc(Oc3ccccc3)n2)c2ccccc2C(F)(F)F)c1. The Hall–Kier alpha value is -5.86. The number of alkyl halides is 6. The second-order valence-corrected chi connectivity index (χ2v) is 8.89. The van der Waals surface area contributed by atoms with Gasteiger partial charge in [-0.1, -0.05) is 60.7 Å². The Labute approximate surface area is 250 Å². The molecule has 228 valence electrons. The van der Waals surface area contributed by atoms with Gasteiger partial charge in [0, 0.05) is 5.56 Å². The van der Waals surface area contributed by atoms with E-state index < -0.39 is 34.9 Å². The number of aromatic nitrogens is 3. The minimum atomic E-state index is -4.83. The summed E-state index contributed by atoms with van der Waals surface area (Å²) in [6.45, 7) is 0. The van der Waals surface area contributed by atoms with Crippen molar-refractivity contribution in [2.45, 2.75) is 12.4 Å². The molecule has 1 heterocycles. The molecule has 0 bridgehead atoms. The zero-order chi connectivity index (χ0) is 31.9. The Balaban J connectivity index is 1.55. The minimum absolute atomic E-state index is 0.248. The number of halogens is 6. The fraction of sp³-hybridized carbons (Fsp3) is 0.0667. The molecular formula is C30H19F6N7O2. The number of hydrogen-bond donors (Lipinski definition) is 1. The van der Waals surface area contributed by atoms with Gasteiger partial charge in [-0.15, -0.1) is 15.2 Å². The number of ether oxygens (including phenoxy) is 2. The molecule has 0 amide bonds. The number of amidine groups is 1. The smallest absolute Gasteiger partial charge is 0.417 e. The standard InChI is InChI=1S/C30H19F6N7O2/c31-29(32,33)19-10-9-11-20(18-19)40-41-25(23-16-7-8-17-24(23)30(34,35)36)42-43-26-37-27(44-21-12-3-1-4-13-21)39-28(38-26)45-22-14-5-2-6-15-22/h1-18H,(H,37,38,39,43). The third-order valence-electron chi connectivity index (χ3n) is 5.67. The molecule has 0 atom stereocenters. The average molecular weight is 624 g/mol. The largest absolute Gasteiger partial charge is 0.424 e. The Morgan fingerprint density at radius 3 is 1.78 bits per heavy atom. The number of nitrogens with zero attached hydrogens (tertiary/aromatic N) is 6. The van der Waals surface area contributed by atoms with Gasteiger partial charge < -0.3 is 9.47 Å². The summed E-state index contributed by atoms with van der Waals surface area (Å²) in [6.07, 6.45) is -9.51. The van der Waals surface area contributed by atoms with Gasteiger partial charge in [-0.05, 0) is 48.5 Å². The van der Waals surface area contributed by atoms with Crippen molar-refractivity contribution in [2.75, 3.05) is 5.43 Å². The van der Waals surface area contributed by atoms with Crippen LogP contribution in [0.3, 0.4) is 0 Å². The van der Waals surface area contributed by atoms with E-state index in [1.807, 2.05) is 0 Å². The summed E-state index contributed by atoms with van der Waals surface area (Å²) in [5, 5.41) is 11.4. The monoisotopic (exact) mass is 623 g/mol. The number of azo groups is 1. The number of benzene rings is 4. The molecule has 45 heavy (non-hydrogen) atoms. The molecule has 0 saturated heterocycles. The van der Waals surface area contributed by atoms with Crippen molar-refractivity contribution in [3.8, 4) is 23.5 Å². The number of nitrogens with one attached hydrogen (secondary N) is 1. The third kappa shape index (κ3) is 8.37. The first-order valence-electron chi connectivity index (χ1n) is 12.9. The quantitative estimate of drug-likeness (QED) is 0.0608. The van der Waals surface area contributed by atoms with Gasteiger partial charge in [-0.2, -0.15) is 41.4 Å². The molecule has 0 aliphatic carbocycles. The van der Waals surface area contributed by atoms with E-state index in [2.05, 4.69) is 35.7 Å². The van der Waals surface area contributed by atoms with Crippen LogP contribution < -0.4 is 14.9 Å². The van der Waals surface area contributed by atoms with Gasteiger partial charge in [-0.3, -0.25) is 0 Å². The molecule has 0 spiro atoms. The first kappa shape index (κ1) is 30.6. The maximum absolute atomic E-state index is 13.9. The maximum atomic E-state index is 13.9. The summed E-state index contributed by atoms with van der Waals surface area (Å²) < 4.78 is 92.7. The van der Waals surface area contributed by atoms with E-state index in [-0.39, 0.29) is 23.7 Å². The predicted molar refractivity (Wildman–Crippen MR) is 150 cm³/mol. The van der Waals surface area contributed by atoms with Crippen molar-refractivity contribution in [2.24, 2.45) is 15.3 Å². The fourth-order valence-corrected chi connectivity index (χ4v) is 3.68. The number of anilines is 1. The van der Waals surface area contributed by atoms with Gasteiger partial charge in [0.2, 0.25) is 5.84 Å². The minimum Gasteiger partial charge on any atom is -0.424 e. The molecule has 0 saturated carbocycles. The second kappa shape index (κ2) is 13.2. The van der Waals surface area contributed by atoms with Crippen molar-refractivity contribution in [3.05, 3.63) is 126 Å². The van der Waals surface area contributed by atoms with Crippen molar-refractivity contribution < 1.29 is 35.8 Å².